The highest BCUT2D eigenvalue weighted by Gasteiger charge is 2.22. The Morgan fingerprint density at radius 1 is 1.40 bits per heavy atom. The van der Waals surface area contributed by atoms with Gasteiger partial charge in [-0.1, -0.05) is 18.5 Å². The van der Waals surface area contributed by atoms with Crippen molar-refractivity contribution < 1.29 is 4.74 Å². The van der Waals surface area contributed by atoms with E-state index in [2.05, 4.69) is 27.5 Å². The summed E-state index contributed by atoms with van der Waals surface area (Å²) in [5, 5.41) is 16.4. The Balaban J connectivity index is 2.36. The minimum atomic E-state index is -0.145. The number of nitrogens with one attached hydrogen (secondary N) is 1. The van der Waals surface area contributed by atoms with Gasteiger partial charge in [-0.2, -0.15) is 5.10 Å². The predicted octanol–water partition coefficient (Wildman–Crippen LogP) is 1.96. The van der Waals surface area contributed by atoms with Crippen LogP contribution in [-0.4, -0.2) is 33.6 Å². The van der Waals surface area contributed by atoms with E-state index >= 15 is 0 Å². The molecule has 6 nitrogen and oxygen atoms in total. The van der Waals surface area contributed by atoms with E-state index < -0.39 is 0 Å². The van der Waals surface area contributed by atoms with Crippen molar-refractivity contribution >= 4 is 11.6 Å². The number of methoxy groups -OCH3 is 1. The Morgan fingerprint density at radius 2 is 2.20 bits per heavy atom. The fraction of sp³-hybridized carbons (Fsp3) is 0.462. The number of hydrogen-bond donors (Lipinski definition) is 1. The van der Waals surface area contributed by atoms with Crippen LogP contribution in [0.3, 0.4) is 0 Å². The minimum absolute atomic E-state index is 0.145. The molecule has 0 spiro atoms. The maximum atomic E-state index is 6.23. The van der Waals surface area contributed by atoms with E-state index in [1.807, 2.05) is 13.1 Å². The lowest BCUT2D eigenvalue weighted by Crippen LogP contribution is -2.26. The van der Waals surface area contributed by atoms with Crippen LogP contribution >= 0.6 is 11.6 Å². The summed E-state index contributed by atoms with van der Waals surface area (Å²) in [6.45, 7) is 2.95. The highest BCUT2D eigenvalue weighted by molar-refractivity contribution is 6.31. The first-order valence-corrected chi connectivity index (χ1v) is 6.83. The number of halogens is 1. The minimum Gasteiger partial charge on any atom is -0.480 e. The third-order valence-electron chi connectivity index (χ3n) is 2.98. The molecule has 0 aliphatic rings. The Labute approximate surface area is 123 Å². The zero-order chi connectivity index (χ0) is 14.5. The van der Waals surface area contributed by atoms with Gasteiger partial charge in [0.25, 0.3) is 0 Å². The zero-order valence-corrected chi connectivity index (χ0v) is 12.6. The van der Waals surface area contributed by atoms with E-state index in [1.165, 1.54) is 0 Å². The number of ether oxygens (including phenoxy) is 1. The second-order valence-electron chi connectivity index (χ2n) is 4.39. The standard InChI is InChI=1S/C13H18ClN5O/c1-4-7-15-12(13-9(14)8-16-19(13)2)10-5-6-11(20-3)18-17-10/h5-6,8,12,15H,4,7H2,1-3H3. The number of hydrogen-bond acceptors (Lipinski definition) is 5. The van der Waals surface area contributed by atoms with Gasteiger partial charge in [0.15, 0.2) is 0 Å². The summed E-state index contributed by atoms with van der Waals surface area (Å²) in [6.07, 6.45) is 2.64. The maximum Gasteiger partial charge on any atom is 0.233 e. The van der Waals surface area contributed by atoms with Gasteiger partial charge >= 0.3 is 0 Å². The van der Waals surface area contributed by atoms with E-state index in [9.17, 15) is 0 Å². The second kappa shape index (κ2) is 6.67. The van der Waals surface area contributed by atoms with Gasteiger partial charge < -0.3 is 10.1 Å². The van der Waals surface area contributed by atoms with Crippen LogP contribution in [0, 0.1) is 0 Å². The van der Waals surface area contributed by atoms with Crippen LogP contribution in [0.2, 0.25) is 5.02 Å². The Kier molecular flexibility index (Phi) is 4.92. The molecule has 1 N–H and O–H groups in total. The molecule has 2 aromatic rings. The summed E-state index contributed by atoms with van der Waals surface area (Å²) in [7, 11) is 3.42. The molecule has 2 rings (SSSR count). The summed E-state index contributed by atoms with van der Waals surface area (Å²) in [4.78, 5) is 0. The third kappa shape index (κ3) is 3.08. The first-order valence-electron chi connectivity index (χ1n) is 6.45. The largest absolute Gasteiger partial charge is 0.480 e. The van der Waals surface area contributed by atoms with Gasteiger partial charge in [0.2, 0.25) is 5.88 Å². The molecule has 20 heavy (non-hydrogen) atoms. The molecule has 0 aromatic carbocycles. The van der Waals surface area contributed by atoms with E-state index in [0.29, 0.717) is 10.9 Å². The Hall–Kier alpha value is -1.66. The lowest BCUT2D eigenvalue weighted by Gasteiger charge is -2.18. The lowest BCUT2D eigenvalue weighted by molar-refractivity contribution is 0.389. The maximum absolute atomic E-state index is 6.23. The predicted molar refractivity (Wildman–Crippen MR) is 76.9 cm³/mol. The average molecular weight is 296 g/mol. The fourth-order valence-electron chi connectivity index (χ4n) is 1.97. The topological polar surface area (TPSA) is 64.9 Å². The number of aryl methyl sites for hydroxylation is 1. The van der Waals surface area contributed by atoms with E-state index in [4.69, 9.17) is 16.3 Å². The molecule has 0 amide bonds. The van der Waals surface area contributed by atoms with Crippen molar-refractivity contribution in [3.8, 4) is 5.88 Å². The molecule has 108 valence electrons. The number of aromatic nitrogens is 4. The molecular formula is C13H18ClN5O. The highest BCUT2D eigenvalue weighted by Crippen LogP contribution is 2.26. The van der Waals surface area contributed by atoms with Crippen molar-refractivity contribution in [2.45, 2.75) is 19.4 Å². The molecule has 7 heteroatoms. The summed E-state index contributed by atoms with van der Waals surface area (Å²) in [5.74, 6) is 0.485. The van der Waals surface area contributed by atoms with Gasteiger partial charge in [-0.05, 0) is 19.0 Å². The highest BCUT2D eigenvalue weighted by atomic mass is 35.5. The second-order valence-corrected chi connectivity index (χ2v) is 4.80. The van der Waals surface area contributed by atoms with Gasteiger partial charge in [-0.25, -0.2) is 0 Å². The van der Waals surface area contributed by atoms with Crippen LogP contribution < -0.4 is 10.1 Å². The van der Waals surface area contributed by atoms with Gasteiger partial charge in [0.1, 0.15) is 0 Å². The van der Waals surface area contributed by atoms with E-state index in [-0.39, 0.29) is 6.04 Å². The molecule has 0 aliphatic heterocycles. The fourth-order valence-corrected chi connectivity index (χ4v) is 2.24. The van der Waals surface area contributed by atoms with Crippen molar-refractivity contribution in [2.24, 2.45) is 7.05 Å². The van der Waals surface area contributed by atoms with Crippen LogP contribution in [0.4, 0.5) is 0 Å². The van der Waals surface area contributed by atoms with E-state index in [1.54, 1.807) is 24.1 Å². The summed E-state index contributed by atoms with van der Waals surface area (Å²) in [5.41, 5.74) is 1.66. The first-order chi connectivity index (χ1) is 9.67. The molecule has 1 atom stereocenters. The zero-order valence-electron chi connectivity index (χ0n) is 11.8. The van der Waals surface area contributed by atoms with Crippen LogP contribution in [0.5, 0.6) is 5.88 Å². The van der Waals surface area contributed by atoms with Gasteiger partial charge in [-0.15, -0.1) is 10.2 Å². The molecule has 0 aliphatic carbocycles. The smallest absolute Gasteiger partial charge is 0.233 e. The van der Waals surface area contributed by atoms with Crippen molar-refractivity contribution in [1.82, 2.24) is 25.3 Å². The van der Waals surface area contributed by atoms with Crippen molar-refractivity contribution in [2.75, 3.05) is 13.7 Å². The third-order valence-corrected chi connectivity index (χ3v) is 3.27. The summed E-state index contributed by atoms with van der Waals surface area (Å²) < 4.78 is 6.78. The van der Waals surface area contributed by atoms with Crippen LogP contribution in [0.25, 0.3) is 0 Å². The summed E-state index contributed by atoms with van der Waals surface area (Å²) >= 11 is 6.23. The molecule has 1 unspecified atom stereocenters. The van der Waals surface area contributed by atoms with E-state index in [0.717, 1.165) is 24.4 Å². The Morgan fingerprint density at radius 3 is 2.70 bits per heavy atom. The monoisotopic (exact) mass is 295 g/mol. The molecular weight excluding hydrogens is 278 g/mol. The molecule has 0 saturated carbocycles. The average Bonchev–Trinajstić information content (AvgIpc) is 2.80. The van der Waals surface area contributed by atoms with Crippen LogP contribution in [0.15, 0.2) is 18.3 Å². The lowest BCUT2D eigenvalue weighted by atomic mass is 10.1. The van der Waals surface area contributed by atoms with Gasteiger partial charge in [0.05, 0.1) is 35.8 Å². The number of nitrogens with zero attached hydrogens (tertiary/aromatic N) is 4. The van der Waals surface area contributed by atoms with Crippen molar-refractivity contribution in [3.05, 3.63) is 34.7 Å². The molecule has 2 heterocycles. The van der Waals surface area contributed by atoms with Crippen LogP contribution in [0.1, 0.15) is 30.8 Å². The Bertz CT molecular complexity index is 535. The molecule has 0 fully saturated rings. The van der Waals surface area contributed by atoms with Gasteiger partial charge in [-0.3, -0.25) is 4.68 Å². The SMILES string of the molecule is CCCNC(c1ccc(OC)nn1)c1c(Cl)cnn1C. The molecule has 0 saturated heterocycles. The van der Waals surface area contributed by atoms with Gasteiger partial charge in [0, 0.05) is 13.1 Å². The normalized spacial score (nSPS) is 12.4. The van der Waals surface area contributed by atoms with Crippen LogP contribution in [-0.2, 0) is 7.05 Å². The van der Waals surface area contributed by atoms with Crippen molar-refractivity contribution in [3.63, 3.8) is 0 Å². The first kappa shape index (κ1) is 14.7. The molecule has 0 bridgehead atoms. The molecule has 0 radical (unpaired) electrons. The van der Waals surface area contributed by atoms with Crippen molar-refractivity contribution in [1.29, 1.82) is 0 Å². The summed E-state index contributed by atoms with van der Waals surface area (Å²) in [6, 6.07) is 3.52. The molecule has 2 aromatic heterocycles. The quantitative estimate of drug-likeness (QED) is 0.882. The number of rotatable bonds is 6.